The zero-order valence-electron chi connectivity index (χ0n) is 18.4. The molecule has 0 saturated carbocycles. The van der Waals surface area contributed by atoms with Gasteiger partial charge in [0.1, 0.15) is 0 Å². The Hall–Kier alpha value is -2.99. The first kappa shape index (κ1) is 23.3. The first-order valence-corrected chi connectivity index (χ1v) is 10.2. The lowest BCUT2D eigenvalue weighted by atomic mass is 9.75. The minimum atomic E-state index is 0.217. The van der Waals surface area contributed by atoms with Gasteiger partial charge in [-0.15, -0.1) is 0 Å². The van der Waals surface area contributed by atoms with Crippen molar-refractivity contribution in [2.24, 2.45) is 11.1 Å². The van der Waals surface area contributed by atoms with Crippen LogP contribution in [0.25, 0.3) is 0 Å². The number of benzene rings is 1. The summed E-state index contributed by atoms with van der Waals surface area (Å²) in [5, 5.41) is 14.0. The SMILES string of the molecule is CC1(C)CCC(C(=N)c2cccc(NC=O)c2)=C(N)C1.CNCc1cnccc1C. The normalized spacial score (nSPS) is 15.1. The van der Waals surface area contributed by atoms with Crippen molar-refractivity contribution in [1.82, 2.24) is 10.3 Å². The molecule has 1 aromatic carbocycles. The Morgan fingerprint density at radius 1 is 1.33 bits per heavy atom. The molecule has 6 nitrogen and oxygen atoms in total. The van der Waals surface area contributed by atoms with Gasteiger partial charge >= 0.3 is 0 Å². The van der Waals surface area contributed by atoms with Crippen molar-refractivity contribution in [3.8, 4) is 0 Å². The molecule has 0 spiro atoms. The van der Waals surface area contributed by atoms with Crippen LogP contribution >= 0.6 is 0 Å². The number of hydrogen-bond donors (Lipinski definition) is 4. The second-order valence-electron chi connectivity index (χ2n) is 8.40. The van der Waals surface area contributed by atoms with Crippen LogP contribution in [0.15, 0.2) is 54.0 Å². The van der Waals surface area contributed by atoms with Crippen molar-refractivity contribution in [1.29, 1.82) is 5.41 Å². The molecule has 0 fully saturated rings. The molecular weight excluding hydrogens is 374 g/mol. The zero-order valence-corrected chi connectivity index (χ0v) is 18.4. The molecule has 160 valence electrons. The van der Waals surface area contributed by atoms with E-state index in [4.69, 9.17) is 11.1 Å². The van der Waals surface area contributed by atoms with Gasteiger partial charge in [0, 0.05) is 35.9 Å². The van der Waals surface area contributed by atoms with E-state index in [2.05, 4.69) is 36.4 Å². The number of hydrogen-bond acceptors (Lipinski definition) is 5. The Morgan fingerprint density at radius 2 is 2.10 bits per heavy atom. The second kappa shape index (κ2) is 10.7. The first-order valence-electron chi connectivity index (χ1n) is 10.2. The van der Waals surface area contributed by atoms with E-state index in [-0.39, 0.29) is 5.41 Å². The number of rotatable bonds is 6. The maximum atomic E-state index is 10.5. The van der Waals surface area contributed by atoms with Gasteiger partial charge in [-0.25, -0.2) is 0 Å². The van der Waals surface area contributed by atoms with Gasteiger partial charge in [-0.2, -0.15) is 0 Å². The smallest absolute Gasteiger partial charge is 0.211 e. The number of nitrogens with two attached hydrogens (primary N) is 1. The number of anilines is 1. The molecular formula is C24H33N5O. The van der Waals surface area contributed by atoms with Crippen LogP contribution in [0.1, 0.15) is 49.8 Å². The van der Waals surface area contributed by atoms with E-state index in [0.29, 0.717) is 17.8 Å². The molecule has 0 unspecified atom stereocenters. The fourth-order valence-electron chi connectivity index (χ4n) is 3.50. The number of aryl methyl sites for hydroxylation is 1. The Morgan fingerprint density at radius 3 is 2.73 bits per heavy atom. The molecule has 6 heteroatoms. The van der Waals surface area contributed by atoms with Crippen LogP contribution in [0.5, 0.6) is 0 Å². The van der Waals surface area contributed by atoms with Gasteiger partial charge in [0.25, 0.3) is 0 Å². The number of allylic oxidation sites excluding steroid dienone is 2. The molecule has 0 bridgehead atoms. The van der Waals surface area contributed by atoms with E-state index < -0.39 is 0 Å². The van der Waals surface area contributed by atoms with Crippen LogP contribution in [-0.2, 0) is 11.3 Å². The van der Waals surface area contributed by atoms with Crippen LogP contribution in [-0.4, -0.2) is 24.2 Å². The summed E-state index contributed by atoms with van der Waals surface area (Å²) in [5.41, 5.74) is 12.6. The average Bonchev–Trinajstić information content (AvgIpc) is 2.70. The summed E-state index contributed by atoms with van der Waals surface area (Å²) in [6.45, 7) is 7.40. The van der Waals surface area contributed by atoms with Crippen molar-refractivity contribution in [2.75, 3.05) is 12.4 Å². The molecule has 0 saturated heterocycles. The third kappa shape index (κ3) is 6.52. The molecule has 2 aromatic rings. The van der Waals surface area contributed by atoms with Gasteiger partial charge in [-0.1, -0.05) is 26.0 Å². The summed E-state index contributed by atoms with van der Waals surface area (Å²) in [6.07, 6.45) is 7.05. The molecule has 3 rings (SSSR count). The van der Waals surface area contributed by atoms with Gasteiger partial charge in [-0.3, -0.25) is 15.2 Å². The Labute approximate surface area is 179 Å². The van der Waals surface area contributed by atoms with E-state index in [9.17, 15) is 4.79 Å². The third-order valence-electron chi connectivity index (χ3n) is 5.30. The quantitative estimate of drug-likeness (QED) is 0.426. The van der Waals surface area contributed by atoms with Gasteiger partial charge in [0.15, 0.2) is 0 Å². The summed E-state index contributed by atoms with van der Waals surface area (Å²) >= 11 is 0. The maximum absolute atomic E-state index is 10.5. The number of aromatic nitrogens is 1. The van der Waals surface area contributed by atoms with Crippen molar-refractivity contribution < 1.29 is 4.79 Å². The highest BCUT2D eigenvalue weighted by Gasteiger charge is 2.27. The topological polar surface area (TPSA) is 104 Å². The minimum Gasteiger partial charge on any atom is -0.402 e. The standard InChI is InChI=1S/C16H21N3O.C8H12N2/c1-16(2)7-6-13(14(17)9-16)15(18)11-4-3-5-12(8-11)19-10-20;1-7-3-4-10-6-8(7)5-9-2/h3-5,8,10,18H,6-7,9,17H2,1-2H3,(H,19,20);3-4,6,9H,5H2,1-2H3. The monoisotopic (exact) mass is 407 g/mol. The van der Waals surface area contributed by atoms with Gasteiger partial charge in [0.05, 0.1) is 5.71 Å². The molecule has 0 radical (unpaired) electrons. The molecule has 1 aliphatic rings. The predicted octanol–water partition coefficient (Wildman–Crippen LogP) is 4.16. The molecule has 1 heterocycles. The summed E-state index contributed by atoms with van der Waals surface area (Å²) in [4.78, 5) is 14.5. The number of nitrogens with zero attached hydrogens (tertiary/aromatic N) is 1. The van der Waals surface area contributed by atoms with Crippen LogP contribution < -0.4 is 16.4 Å². The minimum absolute atomic E-state index is 0.217. The number of carbonyl (C=O) groups excluding carboxylic acids is 1. The average molecular weight is 408 g/mol. The molecule has 1 aromatic heterocycles. The Kier molecular flexibility index (Phi) is 8.30. The highest BCUT2D eigenvalue weighted by atomic mass is 16.1. The fourth-order valence-corrected chi connectivity index (χ4v) is 3.50. The second-order valence-corrected chi connectivity index (χ2v) is 8.40. The lowest BCUT2D eigenvalue weighted by molar-refractivity contribution is -0.105. The van der Waals surface area contributed by atoms with Gasteiger partial charge in [0.2, 0.25) is 6.41 Å². The maximum Gasteiger partial charge on any atom is 0.211 e. The zero-order chi connectivity index (χ0) is 22.1. The predicted molar refractivity (Wildman–Crippen MR) is 124 cm³/mol. The number of nitrogens with one attached hydrogen (secondary N) is 3. The van der Waals surface area contributed by atoms with Crippen LogP contribution in [0.3, 0.4) is 0 Å². The van der Waals surface area contributed by atoms with E-state index in [1.54, 1.807) is 12.1 Å². The number of pyridine rings is 1. The lowest BCUT2D eigenvalue weighted by Gasteiger charge is -2.31. The van der Waals surface area contributed by atoms with E-state index in [0.717, 1.165) is 42.6 Å². The van der Waals surface area contributed by atoms with Gasteiger partial charge < -0.3 is 16.4 Å². The number of carbonyl (C=O) groups is 1. The summed E-state index contributed by atoms with van der Waals surface area (Å²) in [7, 11) is 1.94. The molecule has 1 amide bonds. The van der Waals surface area contributed by atoms with E-state index in [1.807, 2.05) is 37.6 Å². The lowest BCUT2D eigenvalue weighted by Crippen LogP contribution is -2.25. The van der Waals surface area contributed by atoms with E-state index in [1.165, 1.54) is 11.1 Å². The van der Waals surface area contributed by atoms with Crippen LogP contribution in [0, 0.1) is 17.7 Å². The van der Waals surface area contributed by atoms with Crippen LogP contribution in [0.2, 0.25) is 0 Å². The van der Waals surface area contributed by atoms with Gasteiger partial charge in [-0.05, 0) is 73.5 Å². The summed E-state index contributed by atoms with van der Waals surface area (Å²) in [6, 6.07) is 9.33. The molecule has 0 atom stereocenters. The molecule has 5 N–H and O–H groups in total. The van der Waals surface area contributed by atoms with E-state index >= 15 is 0 Å². The largest absolute Gasteiger partial charge is 0.402 e. The van der Waals surface area contributed by atoms with Crippen molar-refractivity contribution >= 4 is 17.8 Å². The van der Waals surface area contributed by atoms with Crippen molar-refractivity contribution in [3.63, 3.8) is 0 Å². The first-order chi connectivity index (χ1) is 14.3. The number of amides is 1. The molecule has 30 heavy (non-hydrogen) atoms. The third-order valence-corrected chi connectivity index (χ3v) is 5.30. The Bertz CT molecular complexity index is 917. The van der Waals surface area contributed by atoms with Crippen molar-refractivity contribution in [2.45, 2.75) is 46.6 Å². The summed E-state index contributed by atoms with van der Waals surface area (Å²) in [5.74, 6) is 0. The highest BCUT2D eigenvalue weighted by Crippen LogP contribution is 2.37. The fraction of sp³-hybridized carbons (Fsp3) is 0.375. The van der Waals surface area contributed by atoms with Crippen LogP contribution in [0.4, 0.5) is 5.69 Å². The Balaban J connectivity index is 0.000000269. The van der Waals surface area contributed by atoms with Crippen molar-refractivity contribution in [3.05, 3.63) is 70.7 Å². The molecule has 1 aliphatic carbocycles. The summed E-state index contributed by atoms with van der Waals surface area (Å²) < 4.78 is 0. The molecule has 0 aliphatic heterocycles. The highest BCUT2D eigenvalue weighted by molar-refractivity contribution is 6.11.